The number of hydrogen-bond acceptors (Lipinski definition) is 0. The summed E-state index contributed by atoms with van der Waals surface area (Å²) in [6, 6.07) is 1.83. The molecule has 1 rings (SSSR count). The molecule has 0 heterocycles. The second-order valence-corrected chi connectivity index (χ2v) is 4.20. The fraction of sp³-hybridized carbons (Fsp3) is 0.455. The van der Waals surface area contributed by atoms with Crippen LogP contribution in [0.1, 0.15) is 5.56 Å². The first-order chi connectivity index (χ1) is 9.22. The molecule has 1 aromatic carbocycles. The molecule has 0 aliphatic heterocycles. The van der Waals surface area contributed by atoms with E-state index in [1.54, 1.807) is 0 Å². The molecule has 0 atom stereocenters. The van der Waals surface area contributed by atoms with Crippen LogP contribution in [0.15, 0.2) is 24.3 Å². The second-order valence-electron chi connectivity index (χ2n) is 4.20. The van der Waals surface area contributed by atoms with Gasteiger partial charge in [-0.15, -0.1) is 0 Å². The van der Waals surface area contributed by atoms with Crippen molar-refractivity contribution in [1.29, 1.82) is 0 Å². The quantitative estimate of drug-likeness (QED) is 0.667. The van der Waals surface area contributed by atoms with Gasteiger partial charge in [-0.2, -0.15) is 39.5 Å². The Morgan fingerprint density at radius 1 is 0.619 bits per heavy atom. The van der Waals surface area contributed by atoms with E-state index in [2.05, 4.69) is 0 Å². The van der Waals surface area contributed by atoms with Crippen molar-refractivity contribution in [3.05, 3.63) is 35.6 Å². The van der Waals surface area contributed by atoms with E-state index in [4.69, 9.17) is 0 Å². The van der Waals surface area contributed by atoms with E-state index in [0.29, 0.717) is 24.3 Å². The highest BCUT2D eigenvalue weighted by atomic mass is 19.4. The molecule has 0 bridgehead atoms. The summed E-state index contributed by atoms with van der Waals surface area (Å²) in [5.74, 6) is -1.00. The van der Waals surface area contributed by atoms with Crippen LogP contribution < -0.4 is 0 Å². The van der Waals surface area contributed by atoms with Crippen LogP contribution in [0.25, 0.3) is 0 Å². The summed E-state index contributed by atoms with van der Waals surface area (Å²) in [5, 5.41) is 0. The maximum atomic E-state index is 12.6. The van der Waals surface area contributed by atoms with Crippen LogP contribution in [0.3, 0.4) is 0 Å². The SMILES string of the molecule is Fc1ccc(CC(C(F)(F)F)(C(F)(F)F)C(F)(F)F)cc1. The zero-order valence-electron chi connectivity index (χ0n) is 9.80. The van der Waals surface area contributed by atoms with Crippen molar-refractivity contribution in [1.82, 2.24) is 0 Å². The van der Waals surface area contributed by atoms with Crippen LogP contribution in [0.4, 0.5) is 43.9 Å². The summed E-state index contributed by atoms with van der Waals surface area (Å²) in [6.07, 6.45) is -22.3. The Morgan fingerprint density at radius 2 is 0.952 bits per heavy atom. The topological polar surface area (TPSA) is 0 Å². The Bertz CT molecular complexity index is 440. The van der Waals surface area contributed by atoms with Gasteiger partial charge in [-0.05, 0) is 17.7 Å². The highest BCUT2D eigenvalue weighted by Gasteiger charge is 2.83. The van der Waals surface area contributed by atoms with Crippen LogP contribution >= 0.6 is 0 Å². The van der Waals surface area contributed by atoms with Crippen molar-refractivity contribution in [3.8, 4) is 0 Å². The van der Waals surface area contributed by atoms with E-state index in [1.165, 1.54) is 0 Å². The summed E-state index contributed by atoms with van der Waals surface area (Å²) in [4.78, 5) is 0. The van der Waals surface area contributed by atoms with Crippen molar-refractivity contribution in [3.63, 3.8) is 0 Å². The molecule has 0 fully saturated rings. The van der Waals surface area contributed by atoms with Crippen molar-refractivity contribution in [2.24, 2.45) is 5.41 Å². The van der Waals surface area contributed by atoms with Gasteiger partial charge in [0, 0.05) is 6.42 Å². The Balaban J connectivity index is 3.47. The monoisotopic (exact) mass is 328 g/mol. The van der Waals surface area contributed by atoms with E-state index in [0.717, 1.165) is 0 Å². The fourth-order valence-corrected chi connectivity index (χ4v) is 1.69. The minimum absolute atomic E-state index is 0.438. The summed E-state index contributed by atoms with van der Waals surface area (Å²) < 4.78 is 126. The molecule has 0 saturated carbocycles. The molecule has 0 nitrogen and oxygen atoms in total. The molecule has 120 valence electrons. The highest BCUT2D eigenvalue weighted by Crippen LogP contribution is 2.60. The maximum absolute atomic E-state index is 12.6. The first-order valence-corrected chi connectivity index (χ1v) is 5.17. The lowest BCUT2D eigenvalue weighted by Crippen LogP contribution is -2.60. The minimum atomic E-state index is -6.61. The molecular weight excluding hydrogens is 322 g/mol. The molecule has 0 aliphatic rings. The number of alkyl halides is 9. The zero-order chi connectivity index (χ0) is 16.7. The van der Waals surface area contributed by atoms with E-state index < -0.39 is 41.7 Å². The molecule has 0 amide bonds. The average Bonchev–Trinajstić information content (AvgIpc) is 2.22. The molecule has 10 heteroatoms. The molecule has 0 unspecified atom stereocenters. The molecule has 0 spiro atoms. The van der Waals surface area contributed by atoms with Gasteiger partial charge in [-0.25, -0.2) is 4.39 Å². The van der Waals surface area contributed by atoms with Crippen LogP contribution in [-0.2, 0) is 6.42 Å². The molecule has 0 aliphatic carbocycles. The Morgan fingerprint density at radius 3 is 1.24 bits per heavy atom. The summed E-state index contributed by atoms with van der Waals surface area (Å²) in [6.45, 7) is 0. The third-order valence-electron chi connectivity index (χ3n) is 2.83. The molecule has 1 aromatic rings. The molecule has 0 N–H and O–H groups in total. The predicted octanol–water partition coefficient (Wildman–Crippen LogP) is 5.04. The largest absolute Gasteiger partial charge is 0.412 e. The average molecular weight is 328 g/mol. The lowest BCUT2D eigenvalue weighted by atomic mass is 9.79. The molecular formula is C11H6F10. The van der Waals surface area contributed by atoms with Gasteiger partial charge in [-0.1, -0.05) is 12.1 Å². The number of benzene rings is 1. The number of rotatable bonds is 2. The Hall–Kier alpha value is -1.48. The normalized spacial score (nSPS) is 14.4. The summed E-state index contributed by atoms with van der Waals surface area (Å²) >= 11 is 0. The number of halogens is 10. The van der Waals surface area contributed by atoms with Gasteiger partial charge in [0.25, 0.3) is 5.41 Å². The van der Waals surface area contributed by atoms with E-state index >= 15 is 0 Å². The standard InChI is InChI=1S/C11H6F10/c12-7-3-1-6(2-4-7)5-8(9(13,14)15,10(16,17)18)11(19,20)21/h1-4H,5H2. The third kappa shape index (κ3) is 3.08. The van der Waals surface area contributed by atoms with Gasteiger partial charge >= 0.3 is 18.5 Å². The van der Waals surface area contributed by atoms with Gasteiger partial charge < -0.3 is 0 Å². The Kier molecular flexibility index (Phi) is 4.23. The maximum Gasteiger partial charge on any atom is 0.412 e. The van der Waals surface area contributed by atoms with Gasteiger partial charge in [0.2, 0.25) is 0 Å². The van der Waals surface area contributed by atoms with Crippen molar-refractivity contribution >= 4 is 0 Å². The Labute approximate surface area is 111 Å². The molecule has 0 saturated heterocycles. The van der Waals surface area contributed by atoms with Crippen LogP contribution in [0.5, 0.6) is 0 Å². The van der Waals surface area contributed by atoms with Gasteiger partial charge in [0.15, 0.2) is 0 Å². The zero-order valence-corrected chi connectivity index (χ0v) is 9.80. The lowest BCUT2D eigenvalue weighted by molar-refractivity contribution is -0.426. The van der Waals surface area contributed by atoms with Gasteiger partial charge in [-0.3, -0.25) is 0 Å². The molecule has 0 radical (unpaired) electrons. The van der Waals surface area contributed by atoms with Crippen LogP contribution in [-0.4, -0.2) is 18.5 Å². The highest BCUT2D eigenvalue weighted by molar-refractivity contribution is 5.20. The number of hydrogen-bond donors (Lipinski definition) is 0. The molecule has 21 heavy (non-hydrogen) atoms. The first-order valence-electron chi connectivity index (χ1n) is 5.17. The van der Waals surface area contributed by atoms with Crippen LogP contribution in [0.2, 0.25) is 0 Å². The van der Waals surface area contributed by atoms with E-state index in [-0.39, 0.29) is 0 Å². The fourth-order valence-electron chi connectivity index (χ4n) is 1.69. The van der Waals surface area contributed by atoms with Crippen molar-refractivity contribution < 1.29 is 43.9 Å². The summed E-state index contributed by atoms with van der Waals surface area (Å²) in [7, 11) is 0. The van der Waals surface area contributed by atoms with Crippen molar-refractivity contribution in [2.45, 2.75) is 24.9 Å². The van der Waals surface area contributed by atoms with E-state index in [1.807, 2.05) is 0 Å². The summed E-state index contributed by atoms with van der Waals surface area (Å²) in [5.41, 5.74) is -6.85. The molecule has 0 aromatic heterocycles. The van der Waals surface area contributed by atoms with Gasteiger partial charge in [0.05, 0.1) is 0 Å². The third-order valence-corrected chi connectivity index (χ3v) is 2.83. The lowest BCUT2D eigenvalue weighted by Gasteiger charge is -2.38. The predicted molar refractivity (Wildman–Crippen MR) is 50.7 cm³/mol. The first kappa shape index (κ1) is 17.6. The van der Waals surface area contributed by atoms with Gasteiger partial charge in [0.1, 0.15) is 5.82 Å². The van der Waals surface area contributed by atoms with E-state index in [9.17, 15) is 43.9 Å². The van der Waals surface area contributed by atoms with Crippen molar-refractivity contribution in [2.75, 3.05) is 0 Å². The smallest absolute Gasteiger partial charge is 0.207 e. The van der Waals surface area contributed by atoms with Crippen LogP contribution in [0, 0.1) is 11.2 Å². The second kappa shape index (κ2) is 5.06. The minimum Gasteiger partial charge on any atom is -0.207 e.